The van der Waals surface area contributed by atoms with E-state index in [1.165, 1.54) is 6.20 Å². The van der Waals surface area contributed by atoms with Crippen LogP contribution in [0.3, 0.4) is 0 Å². The molecule has 1 rings (SSSR count). The van der Waals surface area contributed by atoms with Gasteiger partial charge in [-0.15, -0.1) is 0 Å². The molecule has 0 bridgehead atoms. The van der Waals surface area contributed by atoms with Crippen LogP contribution in [-0.2, 0) is 4.79 Å². The third-order valence-corrected chi connectivity index (χ3v) is 1.63. The normalized spacial score (nSPS) is 9.07. The Balaban J connectivity index is 2.59. The molecule has 0 saturated carbocycles. The molecule has 1 aromatic rings. The number of nitrogens with two attached hydrogens (primary N) is 1. The predicted molar refractivity (Wildman–Crippen MR) is 51.3 cm³/mol. The molecule has 1 amide bonds. The van der Waals surface area contributed by atoms with Crippen LogP contribution in [0, 0.1) is 11.3 Å². The van der Waals surface area contributed by atoms with Crippen molar-refractivity contribution in [3.8, 4) is 6.07 Å². The first-order chi connectivity index (χ1) is 6.74. The number of carbonyl (C=O) groups is 1. The number of pyridine rings is 1. The fraction of sp³-hybridized carbons (Fsp3) is 0.222. The SMILES string of the molecule is N#Cc1ccncc1NCCC(N)=O. The lowest BCUT2D eigenvalue weighted by Crippen LogP contribution is -2.16. The molecule has 0 radical (unpaired) electrons. The number of amides is 1. The Hall–Kier alpha value is -2.09. The molecule has 0 unspecified atom stereocenters. The quantitative estimate of drug-likeness (QED) is 0.711. The summed E-state index contributed by atoms with van der Waals surface area (Å²) in [4.78, 5) is 14.3. The maximum atomic E-state index is 10.4. The summed E-state index contributed by atoms with van der Waals surface area (Å²) in [5, 5.41) is 11.6. The van der Waals surface area contributed by atoms with E-state index in [-0.39, 0.29) is 12.3 Å². The summed E-state index contributed by atoms with van der Waals surface area (Å²) in [6, 6.07) is 3.62. The van der Waals surface area contributed by atoms with Gasteiger partial charge in [-0.2, -0.15) is 5.26 Å². The highest BCUT2D eigenvalue weighted by molar-refractivity contribution is 5.74. The minimum Gasteiger partial charge on any atom is -0.382 e. The highest BCUT2D eigenvalue weighted by Crippen LogP contribution is 2.10. The molecule has 1 heterocycles. The summed E-state index contributed by atoms with van der Waals surface area (Å²) in [7, 11) is 0. The average Bonchev–Trinajstić information content (AvgIpc) is 2.18. The summed E-state index contributed by atoms with van der Waals surface area (Å²) in [5.41, 5.74) is 6.09. The van der Waals surface area contributed by atoms with Crippen LogP contribution in [0.5, 0.6) is 0 Å². The molecular weight excluding hydrogens is 180 g/mol. The van der Waals surface area contributed by atoms with Gasteiger partial charge in [0.25, 0.3) is 0 Å². The zero-order valence-electron chi connectivity index (χ0n) is 7.53. The molecule has 1 aromatic heterocycles. The maximum absolute atomic E-state index is 10.4. The van der Waals surface area contributed by atoms with Crippen molar-refractivity contribution in [2.24, 2.45) is 5.73 Å². The molecular formula is C9H10N4O. The van der Waals surface area contributed by atoms with Gasteiger partial charge in [-0.1, -0.05) is 0 Å². The van der Waals surface area contributed by atoms with Gasteiger partial charge in [-0.3, -0.25) is 9.78 Å². The summed E-state index contributed by atoms with van der Waals surface area (Å²) in [6.07, 6.45) is 3.32. The molecule has 3 N–H and O–H groups in total. The van der Waals surface area contributed by atoms with Crippen LogP contribution in [0.25, 0.3) is 0 Å². The Morgan fingerprint density at radius 2 is 2.50 bits per heavy atom. The molecule has 0 atom stereocenters. The summed E-state index contributed by atoms with van der Waals surface area (Å²) in [6.45, 7) is 0.412. The lowest BCUT2D eigenvalue weighted by Gasteiger charge is -2.05. The van der Waals surface area contributed by atoms with Crippen molar-refractivity contribution in [1.82, 2.24) is 4.98 Å². The fourth-order valence-electron chi connectivity index (χ4n) is 0.953. The predicted octanol–water partition coefficient (Wildman–Crippen LogP) is 0.241. The number of nitriles is 1. The van der Waals surface area contributed by atoms with Gasteiger partial charge in [0.2, 0.25) is 5.91 Å². The number of rotatable bonds is 4. The van der Waals surface area contributed by atoms with Gasteiger partial charge >= 0.3 is 0 Å². The Labute approximate surface area is 81.6 Å². The van der Waals surface area contributed by atoms with Gasteiger partial charge in [-0.05, 0) is 6.07 Å². The number of nitrogens with zero attached hydrogens (tertiary/aromatic N) is 2. The number of aromatic nitrogens is 1. The third kappa shape index (κ3) is 2.75. The second-order valence-electron chi connectivity index (χ2n) is 2.68. The number of nitrogens with one attached hydrogen (secondary N) is 1. The minimum atomic E-state index is -0.375. The van der Waals surface area contributed by atoms with Crippen LogP contribution >= 0.6 is 0 Å². The van der Waals surface area contributed by atoms with E-state index in [9.17, 15) is 4.79 Å². The van der Waals surface area contributed by atoms with Crippen molar-refractivity contribution in [3.63, 3.8) is 0 Å². The van der Waals surface area contributed by atoms with Gasteiger partial charge in [0.15, 0.2) is 0 Å². The number of carbonyl (C=O) groups excluding carboxylic acids is 1. The second kappa shape index (κ2) is 4.82. The van der Waals surface area contributed by atoms with Crippen molar-refractivity contribution in [3.05, 3.63) is 24.0 Å². The Kier molecular flexibility index (Phi) is 3.44. The molecule has 0 aliphatic carbocycles. The van der Waals surface area contributed by atoms with Gasteiger partial charge in [-0.25, -0.2) is 0 Å². The van der Waals surface area contributed by atoms with Gasteiger partial charge in [0.05, 0.1) is 17.4 Å². The van der Waals surface area contributed by atoms with E-state index in [0.717, 1.165) is 0 Å². The smallest absolute Gasteiger partial charge is 0.219 e. The molecule has 0 fully saturated rings. The van der Waals surface area contributed by atoms with Crippen LogP contribution < -0.4 is 11.1 Å². The average molecular weight is 190 g/mol. The third-order valence-electron chi connectivity index (χ3n) is 1.63. The van der Waals surface area contributed by atoms with E-state index in [4.69, 9.17) is 11.0 Å². The number of anilines is 1. The summed E-state index contributed by atoms with van der Waals surface area (Å²) in [5.74, 6) is -0.375. The van der Waals surface area contributed by atoms with Crippen LogP contribution in [0.4, 0.5) is 5.69 Å². The van der Waals surface area contributed by atoms with Crippen molar-refractivity contribution in [2.75, 3.05) is 11.9 Å². The lowest BCUT2D eigenvalue weighted by atomic mass is 10.2. The van der Waals surface area contributed by atoms with Crippen LogP contribution in [0.2, 0.25) is 0 Å². The van der Waals surface area contributed by atoms with Crippen LogP contribution in [0.1, 0.15) is 12.0 Å². The zero-order chi connectivity index (χ0) is 10.4. The number of hydrogen-bond donors (Lipinski definition) is 2. The second-order valence-corrected chi connectivity index (χ2v) is 2.68. The van der Waals surface area contributed by atoms with Gasteiger partial charge in [0.1, 0.15) is 6.07 Å². The first-order valence-corrected chi connectivity index (χ1v) is 4.10. The molecule has 0 spiro atoms. The fourth-order valence-corrected chi connectivity index (χ4v) is 0.953. The van der Waals surface area contributed by atoms with Gasteiger partial charge < -0.3 is 11.1 Å². The first-order valence-electron chi connectivity index (χ1n) is 4.10. The molecule has 72 valence electrons. The summed E-state index contributed by atoms with van der Waals surface area (Å²) < 4.78 is 0. The van der Waals surface area contributed by atoms with E-state index < -0.39 is 0 Å². The molecule has 0 saturated heterocycles. The first kappa shape index (κ1) is 9.99. The molecule has 14 heavy (non-hydrogen) atoms. The van der Waals surface area contributed by atoms with Gasteiger partial charge in [0, 0.05) is 19.2 Å². The lowest BCUT2D eigenvalue weighted by molar-refractivity contribution is -0.117. The van der Waals surface area contributed by atoms with Crippen molar-refractivity contribution < 1.29 is 4.79 Å². The highest BCUT2D eigenvalue weighted by Gasteiger charge is 2.00. The maximum Gasteiger partial charge on any atom is 0.219 e. The molecule has 0 aliphatic rings. The number of primary amides is 1. The highest BCUT2D eigenvalue weighted by atomic mass is 16.1. The monoisotopic (exact) mass is 190 g/mol. The van der Waals surface area contributed by atoms with Crippen LogP contribution in [-0.4, -0.2) is 17.4 Å². The van der Waals surface area contributed by atoms with Crippen molar-refractivity contribution >= 4 is 11.6 Å². The molecule has 0 aromatic carbocycles. The topological polar surface area (TPSA) is 91.8 Å². The van der Waals surface area contributed by atoms with E-state index >= 15 is 0 Å². The molecule has 5 nitrogen and oxygen atoms in total. The summed E-state index contributed by atoms with van der Waals surface area (Å²) >= 11 is 0. The molecule has 5 heteroatoms. The Bertz CT molecular complexity index is 369. The van der Waals surface area contributed by atoms with E-state index in [0.29, 0.717) is 17.8 Å². The van der Waals surface area contributed by atoms with Crippen molar-refractivity contribution in [1.29, 1.82) is 5.26 Å². The van der Waals surface area contributed by atoms with Crippen LogP contribution in [0.15, 0.2) is 18.5 Å². The standard InChI is InChI=1S/C9H10N4O/c10-5-7-1-3-12-6-8(7)13-4-2-9(11)14/h1,3,6,13H,2,4H2,(H2,11,14). The minimum absolute atomic E-state index is 0.236. The largest absolute Gasteiger partial charge is 0.382 e. The Morgan fingerprint density at radius 1 is 1.71 bits per heavy atom. The number of hydrogen-bond acceptors (Lipinski definition) is 4. The molecule has 0 aliphatic heterocycles. The van der Waals surface area contributed by atoms with E-state index in [1.807, 2.05) is 6.07 Å². The van der Waals surface area contributed by atoms with Crippen molar-refractivity contribution in [2.45, 2.75) is 6.42 Å². The Morgan fingerprint density at radius 3 is 3.14 bits per heavy atom. The van der Waals surface area contributed by atoms with E-state index in [1.54, 1.807) is 12.3 Å². The van der Waals surface area contributed by atoms with E-state index in [2.05, 4.69) is 10.3 Å². The zero-order valence-corrected chi connectivity index (χ0v) is 7.53.